The number of hydrogen-bond donors (Lipinski definition) is 1. The summed E-state index contributed by atoms with van der Waals surface area (Å²) in [6.45, 7) is 0.991. The lowest BCUT2D eigenvalue weighted by molar-refractivity contribution is -0.112. The van der Waals surface area contributed by atoms with Gasteiger partial charge in [0, 0.05) is 18.1 Å². The highest BCUT2D eigenvalue weighted by molar-refractivity contribution is 6.21. The standard InChI is InChI=1S/C15H13NO3/c17-14-12(11-3-1-2-4-13(11)16-14)5-6-15(18)7-9-19-10-8-15/h1-4,18H,7-10H2. The number of benzene rings is 1. The molecule has 0 bridgehead atoms. The van der Waals surface area contributed by atoms with Crippen LogP contribution in [0.25, 0.3) is 5.57 Å². The molecule has 1 aromatic carbocycles. The SMILES string of the molecule is O=C1N=c2ccccc2=C1C#CC1(O)CCOCC1. The van der Waals surface area contributed by atoms with Gasteiger partial charge in [0.1, 0.15) is 11.2 Å². The van der Waals surface area contributed by atoms with Crippen LogP contribution in [0, 0.1) is 11.8 Å². The smallest absolute Gasteiger partial charge is 0.286 e. The van der Waals surface area contributed by atoms with E-state index in [1.165, 1.54) is 0 Å². The highest BCUT2D eigenvalue weighted by Crippen LogP contribution is 2.19. The Morgan fingerprint density at radius 2 is 2.00 bits per heavy atom. The second kappa shape index (κ2) is 4.61. The molecule has 96 valence electrons. The summed E-state index contributed by atoms with van der Waals surface area (Å²) in [5, 5.41) is 11.7. The lowest BCUT2D eigenvalue weighted by Gasteiger charge is -2.26. The molecule has 1 fully saturated rings. The number of para-hydroxylation sites is 1. The second-order valence-corrected chi connectivity index (χ2v) is 4.70. The monoisotopic (exact) mass is 255 g/mol. The van der Waals surface area contributed by atoms with Crippen LogP contribution in [0.5, 0.6) is 0 Å². The van der Waals surface area contributed by atoms with Crippen LogP contribution < -0.4 is 10.6 Å². The van der Waals surface area contributed by atoms with E-state index in [4.69, 9.17) is 4.74 Å². The number of aliphatic hydroxyl groups is 1. The fraction of sp³-hybridized carbons (Fsp3) is 0.333. The van der Waals surface area contributed by atoms with Crippen molar-refractivity contribution in [1.29, 1.82) is 0 Å². The van der Waals surface area contributed by atoms with Crippen molar-refractivity contribution in [3.63, 3.8) is 0 Å². The maximum absolute atomic E-state index is 11.8. The third-order valence-electron chi connectivity index (χ3n) is 3.35. The summed E-state index contributed by atoms with van der Waals surface area (Å²) >= 11 is 0. The van der Waals surface area contributed by atoms with E-state index in [-0.39, 0.29) is 5.91 Å². The molecule has 1 amide bonds. The van der Waals surface area contributed by atoms with Crippen molar-refractivity contribution >= 4 is 11.5 Å². The minimum atomic E-state index is -1.05. The molecule has 3 rings (SSSR count). The zero-order chi connectivity index (χ0) is 13.3. The van der Waals surface area contributed by atoms with Crippen LogP contribution in [0.2, 0.25) is 0 Å². The molecule has 0 unspecified atom stereocenters. The molecule has 2 aliphatic heterocycles. The van der Waals surface area contributed by atoms with Gasteiger partial charge in [-0.15, -0.1) is 0 Å². The average molecular weight is 255 g/mol. The summed E-state index contributed by atoms with van der Waals surface area (Å²) in [5.41, 5.74) is -0.682. The molecule has 4 heteroatoms. The molecule has 0 saturated carbocycles. The molecular formula is C15H13NO3. The predicted molar refractivity (Wildman–Crippen MR) is 68.4 cm³/mol. The highest BCUT2D eigenvalue weighted by atomic mass is 16.5. The Bertz CT molecular complexity index is 703. The van der Waals surface area contributed by atoms with Crippen LogP contribution in [0.4, 0.5) is 0 Å². The molecule has 1 aromatic rings. The Hall–Kier alpha value is -1.96. The van der Waals surface area contributed by atoms with Crippen LogP contribution in [-0.4, -0.2) is 29.8 Å². The van der Waals surface area contributed by atoms with Gasteiger partial charge >= 0.3 is 0 Å². The Kier molecular flexibility index (Phi) is 2.94. The van der Waals surface area contributed by atoms with Crippen molar-refractivity contribution < 1.29 is 14.6 Å². The van der Waals surface area contributed by atoms with E-state index in [2.05, 4.69) is 16.8 Å². The lowest BCUT2D eigenvalue weighted by Crippen LogP contribution is -2.34. The molecule has 1 N–H and O–H groups in total. The van der Waals surface area contributed by atoms with Gasteiger partial charge < -0.3 is 9.84 Å². The first kappa shape index (κ1) is 12.1. The number of nitrogens with zero attached hydrogens (tertiary/aromatic N) is 1. The van der Waals surface area contributed by atoms with Crippen molar-refractivity contribution in [2.75, 3.05) is 13.2 Å². The number of carbonyl (C=O) groups excluding carboxylic acids is 1. The maximum Gasteiger partial charge on any atom is 0.286 e. The molecular weight excluding hydrogens is 242 g/mol. The van der Waals surface area contributed by atoms with Crippen molar-refractivity contribution in [3.05, 3.63) is 34.8 Å². The van der Waals surface area contributed by atoms with Crippen LogP contribution >= 0.6 is 0 Å². The number of fused-ring (bicyclic) bond motifs is 1. The van der Waals surface area contributed by atoms with Crippen LogP contribution in [0.1, 0.15) is 12.8 Å². The van der Waals surface area contributed by atoms with Gasteiger partial charge in [0.2, 0.25) is 0 Å². The van der Waals surface area contributed by atoms with E-state index in [0.29, 0.717) is 37.0 Å². The van der Waals surface area contributed by atoms with E-state index < -0.39 is 5.60 Å². The first-order valence-electron chi connectivity index (χ1n) is 6.24. The molecule has 19 heavy (non-hydrogen) atoms. The first-order valence-corrected chi connectivity index (χ1v) is 6.24. The van der Waals surface area contributed by atoms with Crippen LogP contribution in [-0.2, 0) is 9.53 Å². The quantitative estimate of drug-likeness (QED) is 0.638. The summed E-state index contributed by atoms with van der Waals surface area (Å²) < 4.78 is 5.19. The number of carbonyl (C=O) groups is 1. The van der Waals surface area contributed by atoms with Gasteiger partial charge in [-0.25, -0.2) is 4.99 Å². The van der Waals surface area contributed by atoms with E-state index in [1.807, 2.05) is 18.2 Å². The molecule has 2 heterocycles. The molecule has 2 aliphatic rings. The zero-order valence-corrected chi connectivity index (χ0v) is 10.3. The normalized spacial score (nSPS) is 20.3. The summed E-state index contributed by atoms with van der Waals surface area (Å²) in [5.74, 6) is 5.31. The minimum Gasteiger partial charge on any atom is -0.381 e. The lowest BCUT2D eigenvalue weighted by atomic mass is 9.95. The summed E-state index contributed by atoms with van der Waals surface area (Å²) in [7, 11) is 0. The van der Waals surface area contributed by atoms with Gasteiger partial charge in [-0.1, -0.05) is 30.0 Å². The maximum atomic E-state index is 11.8. The molecule has 0 atom stereocenters. The molecule has 1 saturated heterocycles. The van der Waals surface area contributed by atoms with E-state index in [9.17, 15) is 9.90 Å². The van der Waals surface area contributed by atoms with E-state index >= 15 is 0 Å². The van der Waals surface area contributed by atoms with E-state index in [1.54, 1.807) is 6.07 Å². The largest absolute Gasteiger partial charge is 0.381 e. The third kappa shape index (κ3) is 2.30. The Morgan fingerprint density at radius 3 is 2.79 bits per heavy atom. The molecule has 0 radical (unpaired) electrons. The molecule has 4 nitrogen and oxygen atoms in total. The number of hydrogen-bond acceptors (Lipinski definition) is 3. The van der Waals surface area contributed by atoms with Gasteiger partial charge in [-0.05, 0) is 6.07 Å². The van der Waals surface area contributed by atoms with Gasteiger partial charge in [0.05, 0.1) is 18.6 Å². The van der Waals surface area contributed by atoms with Crippen LogP contribution in [0.3, 0.4) is 0 Å². The first-order chi connectivity index (χ1) is 9.18. The Balaban J connectivity index is 2.02. The van der Waals surface area contributed by atoms with Crippen molar-refractivity contribution in [2.45, 2.75) is 18.4 Å². The van der Waals surface area contributed by atoms with Gasteiger partial charge in [-0.2, -0.15) is 0 Å². The van der Waals surface area contributed by atoms with Gasteiger partial charge in [0.25, 0.3) is 5.91 Å². The van der Waals surface area contributed by atoms with E-state index in [0.717, 1.165) is 5.22 Å². The predicted octanol–water partition coefficient (Wildman–Crippen LogP) is -0.458. The van der Waals surface area contributed by atoms with Crippen molar-refractivity contribution in [1.82, 2.24) is 0 Å². The topological polar surface area (TPSA) is 58.9 Å². The fourth-order valence-corrected chi connectivity index (χ4v) is 2.20. The Morgan fingerprint density at radius 1 is 1.26 bits per heavy atom. The number of ether oxygens (including phenoxy) is 1. The number of rotatable bonds is 0. The second-order valence-electron chi connectivity index (χ2n) is 4.70. The summed E-state index contributed by atoms with van der Waals surface area (Å²) in [6.07, 6.45) is 0.945. The van der Waals surface area contributed by atoms with Crippen molar-refractivity contribution in [2.24, 2.45) is 4.99 Å². The highest BCUT2D eigenvalue weighted by Gasteiger charge is 2.27. The summed E-state index contributed by atoms with van der Waals surface area (Å²) in [6, 6.07) is 7.28. The molecule has 0 aromatic heterocycles. The van der Waals surface area contributed by atoms with Crippen LogP contribution in [0.15, 0.2) is 29.3 Å². The third-order valence-corrected chi connectivity index (χ3v) is 3.35. The molecule has 0 aliphatic carbocycles. The van der Waals surface area contributed by atoms with Gasteiger partial charge in [0.15, 0.2) is 0 Å². The average Bonchev–Trinajstić information content (AvgIpc) is 2.73. The zero-order valence-electron chi connectivity index (χ0n) is 10.3. The molecule has 0 spiro atoms. The minimum absolute atomic E-state index is 0.329. The van der Waals surface area contributed by atoms with Gasteiger partial charge in [-0.3, -0.25) is 4.79 Å². The van der Waals surface area contributed by atoms with Crippen molar-refractivity contribution in [3.8, 4) is 11.8 Å². The fourth-order valence-electron chi connectivity index (χ4n) is 2.20. The Labute approximate surface area is 110 Å². The number of amides is 1. The summed E-state index contributed by atoms with van der Waals surface area (Å²) in [4.78, 5) is 15.7.